The topological polar surface area (TPSA) is 85.4 Å². The molecule has 0 aliphatic heterocycles. The number of ether oxygens (including phenoxy) is 2. The van der Waals surface area contributed by atoms with Gasteiger partial charge in [0.1, 0.15) is 0 Å². The second-order valence-electron chi connectivity index (χ2n) is 5.46. The van der Waals surface area contributed by atoms with E-state index in [-0.39, 0.29) is 11.6 Å². The standard InChI is InChI=1S/C19H17ClN4O3/c1-26-16-9-7-14(11-17(16)27-2)21-18-10-8-15(23-24-18)19(25)22-13-5-3-12(20)4-6-13/h3-11H,1-2H3,(H,21,24)(H,22,25). The smallest absolute Gasteiger partial charge is 0.276 e. The van der Waals surface area contributed by atoms with Crippen LogP contribution in [0, 0.1) is 0 Å². The molecule has 0 aliphatic rings. The molecule has 0 aliphatic carbocycles. The highest BCUT2D eigenvalue weighted by molar-refractivity contribution is 6.30. The van der Waals surface area contributed by atoms with Crippen LogP contribution in [-0.4, -0.2) is 30.3 Å². The van der Waals surface area contributed by atoms with Crippen molar-refractivity contribution in [3.63, 3.8) is 0 Å². The quantitative estimate of drug-likeness (QED) is 0.664. The van der Waals surface area contributed by atoms with Gasteiger partial charge in [-0.25, -0.2) is 0 Å². The molecule has 2 N–H and O–H groups in total. The van der Waals surface area contributed by atoms with Gasteiger partial charge in [0.15, 0.2) is 23.0 Å². The van der Waals surface area contributed by atoms with Crippen molar-refractivity contribution in [3.05, 3.63) is 65.3 Å². The van der Waals surface area contributed by atoms with Crippen molar-refractivity contribution in [2.45, 2.75) is 0 Å². The summed E-state index contributed by atoms with van der Waals surface area (Å²) < 4.78 is 10.5. The zero-order valence-electron chi connectivity index (χ0n) is 14.7. The number of carbonyl (C=O) groups is 1. The Balaban J connectivity index is 1.68. The third-order valence-corrected chi connectivity index (χ3v) is 3.91. The molecule has 3 rings (SSSR count). The number of methoxy groups -OCH3 is 2. The van der Waals surface area contributed by atoms with Crippen LogP contribution >= 0.6 is 11.6 Å². The van der Waals surface area contributed by atoms with Crippen molar-refractivity contribution < 1.29 is 14.3 Å². The summed E-state index contributed by atoms with van der Waals surface area (Å²) in [5.74, 6) is 1.35. The molecule has 1 amide bonds. The molecule has 0 atom stereocenters. The SMILES string of the molecule is COc1ccc(Nc2ccc(C(=O)Nc3ccc(Cl)cc3)nn2)cc1OC. The molecule has 0 fully saturated rings. The average molecular weight is 385 g/mol. The largest absolute Gasteiger partial charge is 0.493 e. The van der Waals surface area contributed by atoms with Crippen LogP contribution in [0.2, 0.25) is 5.02 Å². The van der Waals surface area contributed by atoms with E-state index in [9.17, 15) is 4.79 Å². The lowest BCUT2D eigenvalue weighted by Gasteiger charge is -2.10. The number of rotatable bonds is 6. The van der Waals surface area contributed by atoms with Crippen molar-refractivity contribution in [2.75, 3.05) is 24.9 Å². The van der Waals surface area contributed by atoms with E-state index in [1.807, 2.05) is 6.07 Å². The van der Waals surface area contributed by atoms with Gasteiger partial charge in [-0.2, -0.15) is 0 Å². The van der Waals surface area contributed by atoms with Crippen LogP contribution < -0.4 is 20.1 Å². The Morgan fingerprint density at radius 1 is 0.889 bits per heavy atom. The third kappa shape index (κ3) is 4.65. The van der Waals surface area contributed by atoms with E-state index < -0.39 is 0 Å². The molecule has 3 aromatic rings. The van der Waals surface area contributed by atoms with Crippen LogP contribution in [0.3, 0.4) is 0 Å². The monoisotopic (exact) mass is 384 g/mol. The minimum absolute atomic E-state index is 0.197. The minimum Gasteiger partial charge on any atom is -0.493 e. The van der Waals surface area contributed by atoms with Crippen LogP contribution in [0.15, 0.2) is 54.6 Å². The number of amides is 1. The number of hydrogen-bond acceptors (Lipinski definition) is 6. The Morgan fingerprint density at radius 3 is 2.22 bits per heavy atom. The predicted molar refractivity (Wildman–Crippen MR) is 104 cm³/mol. The molecule has 0 spiro atoms. The average Bonchev–Trinajstić information content (AvgIpc) is 2.70. The van der Waals surface area contributed by atoms with Crippen LogP contribution in [0.5, 0.6) is 11.5 Å². The molecule has 0 saturated heterocycles. The number of benzene rings is 2. The zero-order chi connectivity index (χ0) is 19.2. The Morgan fingerprint density at radius 2 is 1.59 bits per heavy atom. The highest BCUT2D eigenvalue weighted by Crippen LogP contribution is 2.30. The number of nitrogens with zero attached hydrogens (tertiary/aromatic N) is 2. The normalized spacial score (nSPS) is 10.2. The molecule has 8 heteroatoms. The lowest BCUT2D eigenvalue weighted by molar-refractivity contribution is 0.102. The first-order valence-corrected chi connectivity index (χ1v) is 8.36. The van der Waals surface area contributed by atoms with E-state index in [1.54, 1.807) is 62.8 Å². The van der Waals surface area contributed by atoms with Crippen molar-refractivity contribution in [3.8, 4) is 11.5 Å². The first kappa shape index (κ1) is 18.5. The first-order chi connectivity index (χ1) is 13.1. The van der Waals surface area contributed by atoms with E-state index in [2.05, 4.69) is 20.8 Å². The van der Waals surface area contributed by atoms with Gasteiger partial charge in [0.05, 0.1) is 14.2 Å². The van der Waals surface area contributed by atoms with Crippen LogP contribution in [0.1, 0.15) is 10.5 Å². The lowest BCUT2D eigenvalue weighted by atomic mass is 10.2. The molecule has 1 heterocycles. The molecule has 0 bridgehead atoms. The number of hydrogen-bond donors (Lipinski definition) is 2. The summed E-state index contributed by atoms with van der Waals surface area (Å²) in [7, 11) is 3.14. The van der Waals surface area contributed by atoms with E-state index in [4.69, 9.17) is 21.1 Å². The van der Waals surface area contributed by atoms with Crippen LogP contribution in [-0.2, 0) is 0 Å². The number of carbonyl (C=O) groups excluding carboxylic acids is 1. The molecule has 27 heavy (non-hydrogen) atoms. The Hall–Kier alpha value is -3.32. The minimum atomic E-state index is -0.359. The maximum atomic E-state index is 12.2. The molecule has 7 nitrogen and oxygen atoms in total. The van der Waals surface area contributed by atoms with Gasteiger partial charge in [0.2, 0.25) is 0 Å². The van der Waals surface area contributed by atoms with Gasteiger partial charge >= 0.3 is 0 Å². The van der Waals surface area contributed by atoms with Crippen LogP contribution in [0.25, 0.3) is 0 Å². The number of halogens is 1. The fraction of sp³-hybridized carbons (Fsp3) is 0.105. The maximum absolute atomic E-state index is 12.2. The van der Waals surface area contributed by atoms with Crippen molar-refractivity contribution in [1.82, 2.24) is 10.2 Å². The van der Waals surface area contributed by atoms with Crippen molar-refractivity contribution in [2.24, 2.45) is 0 Å². The summed E-state index contributed by atoms with van der Waals surface area (Å²) in [6.07, 6.45) is 0. The Kier molecular flexibility index (Phi) is 5.73. The summed E-state index contributed by atoms with van der Waals surface area (Å²) in [6.45, 7) is 0. The zero-order valence-corrected chi connectivity index (χ0v) is 15.4. The fourth-order valence-electron chi connectivity index (χ4n) is 2.31. The Labute approximate surface area is 161 Å². The van der Waals surface area contributed by atoms with Crippen molar-refractivity contribution >= 4 is 34.7 Å². The predicted octanol–water partition coefficient (Wildman–Crippen LogP) is 4.14. The Bertz CT molecular complexity index is 931. The van der Waals surface area contributed by atoms with Gasteiger partial charge < -0.3 is 20.1 Å². The summed E-state index contributed by atoms with van der Waals surface area (Å²) in [4.78, 5) is 12.2. The number of nitrogens with one attached hydrogen (secondary N) is 2. The van der Waals surface area contributed by atoms with Gasteiger partial charge in [-0.1, -0.05) is 11.6 Å². The van der Waals surface area contributed by atoms with E-state index in [1.165, 1.54) is 0 Å². The molecule has 0 radical (unpaired) electrons. The number of anilines is 3. The summed E-state index contributed by atoms with van der Waals surface area (Å²) in [5, 5.41) is 14.4. The fourth-order valence-corrected chi connectivity index (χ4v) is 2.44. The second-order valence-corrected chi connectivity index (χ2v) is 5.90. The molecular formula is C19H17ClN4O3. The summed E-state index contributed by atoms with van der Waals surface area (Å²) >= 11 is 5.83. The molecule has 0 unspecified atom stereocenters. The van der Waals surface area contributed by atoms with Gasteiger partial charge in [-0.05, 0) is 48.5 Å². The lowest BCUT2D eigenvalue weighted by Crippen LogP contribution is -2.14. The highest BCUT2D eigenvalue weighted by Gasteiger charge is 2.10. The molecular weight excluding hydrogens is 368 g/mol. The summed E-state index contributed by atoms with van der Waals surface area (Å²) in [5.41, 5.74) is 1.57. The first-order valence-electron chi connectivity index (χ1n) is 7.99. The van der Waals surface area contributed by atoms with Gasteiger partial charge in [-0.3, -0.25) is 4.79 Å². The molecule has 2 aromatic carbocycles. The molecule has 1 aromatic heterocycles. The van der Waals surface area contributed by atoms with Gasteiger partial charge in [0.25, 0.3) is 5.91 Å². The molecule has 138 valence electrons. The maximum Gasteiger partial charge on any atom is 0.276 e. The van der Waals surface area contributed by atoms with E-state index in [0.29, 0.717) is 28.0 Å². The van der Waals surface area contributed by atoms with E-state index in [0.717, 1.165) is 5.69 Å². The van der Waals surface area contributed by atoms with E-state index >= 15 is 0 Å². The molecule has 0 saturated carbocycles. The van der Waals surface area contributed by atoms with Crippen molar-refractivity contribution in [1.29, 1.82) is 0 Å². The third-order valence-electron chi connectivity index (χ3n) is 3.66. The summed E-state index contributed by atoms with van der Waals surface area (Å²) in [6, 6.07) is 15.4. The van der Waals surface area contributed by atoms with Gasteiger partial charge in [-0.15, -0.1) is 10.2 Å². The van der Waals surface area contributed by atoms with Gasteiger partial charge in [0, 0.05) is 22.5 Å². The van der Waals surface area contributed by atoms with Crippen LogP contribution in [0.4, 0.5) is 17.2 Å². The number of aromatic nitrogens is 2. The highest BCUT2D eigenvalue weighted by atomic mass is 35.5. The second kappa shape index (κ2) is 8.37.